The Morgan fingerprint density at radius 2 is 1.89 bits per heavy atom. The minimum Gasteiger partial charge on any atom is -0.484 e. The van der Waals surface area contributed by atoms with Gasteiger partial charge in [0.1, 0.15) is 17.4 Å². The van der Waals surface area contributed by atoms with Crippen LogP contribution in [0.3, 0.4) is 0 Å². The quantitative estimate of drug-likeness (QED) is 0.524. The summed E-state index contributed by atoms with van der Waals surface area (Å²) in [6.07, 6.45) is 1.43. The van der Waals surface area contributed by atoms with Crippen LogP contribution < -0.4 is 15.4 Å². The number of halogens is 2. The van der Waals surface area contributed by atoms with Crippen LogP contribution in [0.1, 0.15) is 12.5 Å². The fraction of sp³-hybridized carbons (Fsp3) is 0.150. The van der Waals surface area contributed by atoms with Crippen LogP contribution in [-0.4, -0.2) is 25.0 Å². The lowest BCUT2D eigenvalue weighted by Crippen LogP contribution is -2.28. The van der Waals surface area contributed by atoms with Crippen LogP contribution in [0, 0.1) is 11.3 Å². The van der Waals surface area contributed by atoms with Crippen LogP contribution in [0.25, 0.3) is 6.08 Å². The molecular weight excluding hydrogens is 401 g/mol. The maximum Gasteiger partial charge on any atom is 0.266 e. The summed E-state index contributed by atoms with van der Waals surface area (Å²) >= 11 is 12.0. The van der Waals surface area contributed by atoms with E-state index in [1.165, 1.54) is 6.08 Å². The van der Waals surface area contributed by atoms with Gasteiger partial charge in [-0.05, 0) is 42.8 Å². The molecule has 144 valence electrons. The molecule has 0 atom stereocenters. The maximum atomic E-state index is 12.3. The molecule has 0 spiro atoms. The minimum atomic E-state index is -0.608. The van der Waals surface area contributed by atoms with Gasteiger partial charge in [-0.15, -0.1) is 0 Å². The molecule has 0 saturated heterocycles. The number of amides is 2. The van der Waals surface area contributed by atoms with Crippen molar-refractivity contribution in [3.63, 3.8) is 0 Å². The first-order chi connectivity index (χ1) is 13.4. The number of nitrogens with zero attached hydrogens (tertiary/aromatic N) is 1. The number of ether oxygens (including phenoxy) is 1. The summed E-state index contributed by atoms with van der Waals surface area (Å²) in [6.45, 7) is 2.27. The van der Waals surface area contributed by atoms with Gasteiger partial charge in [-0.25, -0.2) is 0 Å². The zero-order valence-electron chi connectivity index (χ0n) is 15.0. The number of hydrogen-bond donors (Lipinski definition) is 2. The number of carbonyl (C=O) groups is 2. The normalized spacial score (nSPS) is 10.7. The van der Waals surface area contributed by atoms with E-state index in [1.54, 1.807) is 42.5 Å². The van der Waals surface area contributed by atoms with Gasteiger partial charge < -0.3 is 15.4 Å². The van der Waals surface area contributed by atoms with Crippen molar-refractivity contribution in [2.75, 3.05) is 18.5 Å². The summed E-state index contributed by atoms with van der Waals surface area (Å²) < 4.78 is 5.35. The molecule has 6 nitrogen and oxygen atoms in total. The highest BCUT2D eigenvalue weighted by molar-refractivity contribution is 6.44. The van der Waals surface area contributed by atoms with E-state index < -0.39 is 5.91 Å². The lowest BCUT2D eigenvalue weighted by molar-refractivity contribution is -0.123. The van der Waals surface area contributed by atoms with Crippen molar-refractivity contribution < 1.29 is 14.3 Å². The van der Waals surface area contributed by atoms with Gasteiger partial charge in [-0.1, -0.05) is 41.4 Å². The molecule has 0 saturated carbocycles. The zero-order chi connectivity index (χ0) is 20.5. The predicted molar refractivity (Wildman–Crippen MR) is 109 cm³/mol. The van der Waals surface area contributed by atoms with E-state index in [9.17, 15) is 14.9 Å². The third-order valence-electron chi connectivity index (χ3n) is 3.50. The van der Waals surface area contributed by atoms with Crippen LogP contribution in [0.2, 0.25) is 10.0 Å². The standard InChI is InChI=1S/C20H17Cl2N3O3/c1-2-24-18(26)12-28-15-8-6-13(7-9-15)10-14(11-23)20(27)25-17-5-3-4-16(21)19(17)22/h3-10H,2,12H2,1H3,(H,24,26)(H,25,27)/b14-10+. The lowest BCUT2D eigenvalue weighted by atomic mass is 10.1. The molecule has 2 aromatic rings. The van der Waals surface area contributed by atoms with Crippen molar-refractivity contribution in [3.8, 4) is 11.8 Å². The lowest BCUT2D eigenvalue weighted by Gasteiger charge is -2.08. The minimum absolute atomic E-state index is 0.0880. The van der Waals surface area contributed by atoms with Crippen LogP contribution >= 0.6 is 23.2 Å². The van der Waals surface area contributed by atoms with Gasteiger partial charge in [0, 0.05) is 6.54 Å². The summed E-state index contributed by atoms with van der Waals surface area (Å²) in [6, 6.07) is 13.3. The van der Waals surface area contributed by atoms with Gasteiger partial charge >= 0.3 is 0 Å². The topological polar surface area (TPSA) is 91.2 Å². The highest BCUT2D eigenvalue weighted by Crippen LogP contribution is 2.29. The van der Waals surface area contributed by atoms with Crippen LogP contribution in [0.5, 0.6) is 5.75 Å². The molecule has 2 aromatic carbocycles. The fourth-order valence-electron chi connectivity index (χ4n) is 2.16. The molecular formula is C20H17Cl2N3O3. The summed E-state index contributed by atoms with van der Waals surface area (Å²) in [7, 11) is 0. The zero-order valence-corrected chi connectivity index (χ0v) is 16.5. The van der Waals surface area contributed by atoms with Crippen molar-refractivity contribution in [1.82, 2.24) is 5.32 Å². The van der Waals surface area contributed by atoms with Gasteiger partial charge in [0.15, 0.2) is 6.61 Å². The summed E-state index contributed by atoms with van der Waals surface area (Å²) in [5.74, 6) is -0.324. The van der Waals surface area contributed by atoms with Gasteiger partial charge in [-0.2, -0.15) is 5.26 Å². The predicted octanol–water partition coefficient (Wildman–Crippen LogP) is 4.05. The Kier molecular flexibility index (Phi) is 7.88. The van der Waals surface area contributed by atoms with Crippen molar-refractivity contribution >= 4 is 46.8 Å². The number of anilines is 1. The first-order valence-corrected chi connectivity index (χ1v) is 9.07. The molecule has 8 heteroatoms. The van der Waals surface area contributed by atoms with Gasteiger partial charge in [0.05, 0.1) is 15.7 Å². The van der Waals surface area contributed by atoms with Gasteiger partial charge in [0.2, 0.25) is 0 Å². The molecule has 2 amide bonds. The van der Waals surface area contributed by atoms with E-state index in [2.05, 4.69) is 10.6 Å². The number of carbonyl (C=O) groups excluding carboxylic acids is 2. The molecule has 0 aromatic heterocycles. The molecule has 0 fully saturated rings. The van der Waals surface area contributed by atoms with Gasteiger partial charge in [-0.3, -0.25) is 9.59 Å². The van der Waals surface area contributed by atoms with Crippen molar-refractivity contribution in [3.05, 3.63) is 63.6 Å². The molecule has 0 heterocycles. The molecule has 0 aliphatic carbocycles. The average Bonchev–Trinajstić information content (AvgIpc) is 2.69. The number of hydrogen-bond acceptors (Lipinski definition) is 4. The fourth-order valence-corrected chi connectivity index (χ4v) is 2.51. The molecule has 0 bridgehead atoms. The Morgan fingerprint density at radius 1 is 1.18 bits per heavy atom. The smallest absolute Gasteiger partial charge is 0.266 e. The average molecular weight is 418 g/mol. The second kappa shape index (κ2) is 10.4. The number of nitrogens with one attached hydrogen (secondary N) is 2. The van der Waals surface area contributed by atoms with E-state index in [0.717, 1.165) is 0 Å². The summed E-state index contributed by atoms with van der Waals surface area (Å²) in [5, 5.41) is 15.0. The first-order valence-electron chi connectivity index (χ1n) is 8.31. The molecule has 2 rings (SSSR count). The van der Waals surface area contributed by atoms with E-state index in [0.29, 0.717) is 28.6 Å². The Bertz CT molecular complexity index is 935. The van der Waals surface area contributed by atoms with E-state index in [4.69, 9.17) is 27.9 Å². The molecule has 0 aliphatic rings. The Balaban J connectivity index is 2.07. The molecule has 0 unspecified atom stereocenters. The monoisotopic (exact) mass is 417 g/mol. The first kappa shape index (κ1) is 21.3. The Hall–Kier alpha value is -3.01. The molecule has 0 aliphatic heterocycles. The van der Waals surface area contributed by atoms with Crippen molar-refractivity contribution in [2.24, 2.45) is 0 Å². The Morgan fingerprint density at radius 3 is 2.54 bits per heavy atom. The van der Waals surface area contributed by atoms with E-state index in [-0.39, 0.29) is 23.1 Å². The van der Waals surface area contributed by atoms with E-state index >= 15 is 0 Å². The largest absolute Gasteiger partial charge is 0.484 e. The molecule has 28 heavy (non-hydrogen) atoms. The number of rotatable bonds is 7. The van der Waals surface area contributed by atoms with Crippen LogP contribution in [0.4, 0.5) is 5.69 Å². The number of benzene rings is 2. The summed E-state index contributed by atoms with van der Waals surface area (Å²) in [4.78, 5) is 23.7. The third-order valence-corrected chi connectivity index (χ3v) is 4.32. The summed E-state index contributed by atoms with van der Waals surface area (Å²) in [5.41, 5.74) is 0.829. The third kappa shape index (κ3) is 6.02. The van der Waals surface area contributed by atoms with E-state index in [1.807, 2.05) is 13.0 Å². The Labute approximate surface area is 172 Å². The van der Waals surface area contributed by atoms with Crippen molar-refractivity contribution in [2.45, 2.75) is 6.92 Å². The van der Waals surface area contributed by atoms with Crippen LogP contribution in [0.15, 0.2) is 48.0 Å². The molecule has 0 radical (unpaired) electrons. The highest BCUT2D eigenvalue weighted by atomic mass is 35.5. The van der Waals surface area contributed by atoms with Crippen LogP contribution in [-0.2, 0) is 9.59 Å². The molecule has 2 N–H and O–H groups in total. The van der Waals surface area contributed by atoms with Crippen molar-refractivity contribution in [1.29, 1.82) is 5.26 Å². The number of likely N-dealkylation sites (N-methyl/N-ethyl adjacent to an activating group) is 1. The maximum absolute atomic E-state index is 12.3. The second-order valence-electron chi connectivity index (χ2n) is 5.54. The highest BCUT2D eigenvalue weighted by Gasteiger charge is 2.13. The SMILES string of the molecule is CCNC(=O)COc1ccc(/C=C(\C#N)C(=O)Nc2cccc(Cl)c2Cl)cc1. The second-order valence-corrected chi connectivity index (χ2v) is 6.32. The number of nitriles is 1. The van der Waals surface area contributed by atoms with Gasteiger partial charge in [0.25, 0.3) is 11.8 Å².